The number of nitrogens with one attached hydrogen (secondary N) is 1. The van der Waals surface area contributed by atoms with Crippen LogP contribution in [0.15, 0.2) is 0 Å². The molecule has 0 spiro atoms. The van der Waals surface area contributed by atoms with Crippen molar-refractivity contribution in [3.05, 3.63) is 0 Å². The van der Waals surface area contributed by atoms with Gasteiger partial charge in [-0.25, -0.2) is 4.79 Å². The molecule has 0 aromatic carbocycles. The molecule has 1 saturated heterocycles. The summed E-state index contributed by atoms with van der Waals surface area (Å²) in [5, 5.41) is 2.09. The molecular weight excluding hydrogens is 127 g/mol. The average molecular weight is 132 g/mol. The minimum atomic E-state index is -0.347. The molecule has 0 aromatic heterocycles. The topological polar surface area (TPSA) is 49.4 Å². The lowest BCUT2D eigenvalue weighted by Crippen LogP contribution is -2.21. The maximum Gasteiger partial charge on any atom is 0.327 e. The molecule has 8 heavy (non-hydrogen) atoms. The van der Waals surface area contributed by atoms with Gasteiger partial charge in [0, 0.05) is 0 Å². The van der Waals surface area contributed by atoms with E-state index in [0.717, 1.165) is 0 Å². The number of carbonyl (C=O) groups excluding carboxylic acids is 2. The van der Waals surface area contributed by atoms with Crippen molar-refractivity contribution < 1.29 is 9.59 Å². The van der Waals surface area contributed by atoms with Gasteiger partial charge in [-0.1, -0.05) is 0 Å². The van der Waals surface area contributed by atoms with Crippen LogP contribution in [-0.2, 0) is 4.79 Å². The highest BCUT2D eigenvalue weighted by molar-refractivity contribution is 7.14. The molecule has 1 aliphatic rings. The van der Waals surface area contributed by atoms with Crippen LogP contribution in [0, 0.1) is 0 Å². The molecule has 1 rings (SSSR count). The molecule has 0 aliphatic carbocycles. The van der Waals surface area contributed by atoms with Gasteiger partial charge in [0.2, 0.25) is 5.91 Å². The highest BCUT2D eigenvalue weighted by atomic mass is 31.0. The fourth-order valence-corrected chi connectivity index (χ4v) is 0.687. The zero-order valence-electron chi connectivity index (χ0n) is 4.05. The molecule has 0 bridgehead atoms. The summed E-state index contributed by atoms with van der Waals surface area (Å²) in [5.41, 5.74) is 0. The molecule has 4 nitrogen and oxygen atoms in total. The lowest BCUT2D eigenvalue weighted by Gasteiger charge is -1.99. The van der Waals surface area contributed by atoms with E-state index >= 15 is 0 Å². The number of hydrogen-bond donors (Lipinski definition) is 1. The number of urea groups is 1. The quantitative estimate of drug-likeness (QED) is 0.351. The van der Waals surface area contributed by atoms with Crippen molar-refractivity contribution in [2.24, 2.45) is 0 Å². The minimum absolute atomic E-state index is 0.156. The molecule has 0 aromatic rings. The Morgan fingerprint density at radius 3 is 2.38 bits per heavy atom. The van der Waals surface area contributed by atoms with Gasteiger partial charge in [0.15, 0.2) is 0 Å². The zero-order chi connectivity index (χ0) is 6.15. The summed E-state index contributed by atoms with van der Waals surface area (Å²) >= 11 is 0. The number of carbonyl (C=O) groups is 2. The van der Waals surface area contributed by atoms with E-state index in [4.69, 9.17) is 0 Å². The Balaban J connectivity index is 2.64. The Labute approximate surface area is 48.5 Å². The summed E-state index contributed by atoms with van der Waals surface area (Å²) in [6.45, 7) is 0.156. The zero-order valence-corrected chi connectivity index (χ0v) is 5.20. The van der Waals surface area contributed by atoms with Gasteiger partial charge in [-0.15, -0.1) is 0 Å². The SMILES string of the molecule is O=C1CN(P)C(=O)N1. The second kappa shape index (κ2) is 1.71. The van der Waals surface area contributed by atoms with Crippen molar-refractivity contribution in [1.29, 1.82) is 0 Å². The number of imide groups is 1. The third-order valence-corrected chi connectivity index (χ3v) is 1.24. The molecule has 1 aliphatic heterocycles. The molecule has 1 fully saturated rings. The maximum absolute atomic E-state index is 10.4. The molecule has 44 valence electrons. The summed E-state index contributed by atoms with van der Waals surface area (Å²) in [5.74, 6) is -0.245. The molecule has 3 amide bonds. The summed E-state index contributed by atoms with van der Waals surface area (Å²) < 4.78 is 1.24. The monoisotopic (exact) mass is 132 g/mol. The van der Waals surface area contributed by atoms with Crippen LogP contribution in [0.4, 0.5) is 4.79 Å². The van der Waals surface area contributed by atoms with E-state index in [1.54, 1.807) is 0 Å². The van der Waals surface area contributed by atoms with Crippen LogP contribution in [0.25, 0.3) is 0 Å². The molecule has 1 heterocycles. The first-order valence-electron chi connectivity index (χ1n) is 2.06. The predicted molar refractivity (Wildman–Crippen MR) is 30.0 cm³/mol. The van der Waals surface area contributed by atoms with Gasteiger partial charge in [-0.2, -0.15) is 0 Å². The predicted octanol–water partition coefficient (Wildman–Crippen LogP) is -0.672. The molecule has 1 N–H and O–H groups in total. The van der Waals surface area contributed by atoms with E-state index in [9.17, 15) is 9.59 Å². The second-order valence-electron chi connectivity index (χ2n) is 1.48. The summed E-state index contributed by atoms with van der Waals surface area (Å²) in [6.07, 6.45) is 0. The van der Waals surface area contributed by atoms with Gasteiger partial charge < -0.3 is 0 Å². The maximum atomic E-state index is 10.4. The number of rotatable bonds is 0. The number of nitrogens with zero attached hydrogens (tertiary/aromatic N) is 1. The first-order valence-corrected chi connectivity index (χ1v) is 2.58. The second-order valence-corrected chi connectivity index (χ2v) is 2.10. The largest absolute Gasteiger partial charge is 0.327 e. The molecule has 5 heteroatoms. The van der Waals surface area contributed by atoms with E-state index in [1.165, 1.54) is 4.67 Å². The van der Waals surface area contributed by atoms with E-state index in [-0.39, 0.29) is 18.5 Å². The Bertz CT molecular complexity index is 146. The van der Waals surface area contributed by atoms with E-state index in [2.05, 4.69) is 14.7 Å². The van der Waals surface area contributed by atoms with Gasteiger partial charge in [-0.05, 0) is 9.39 Å². The Kier molecular flexibility index (Phi) is 1.18. The molecule has 0 radical (unpaired) electrons. The van der Waals surface area contributed by atoms with Gasteiger partial charge in [0.1, 0.15) is 6.54 Å². The average Bonchev–Trinajstić information content (AvgIpc) is 1.85. The standard InChI is InChI=1S/C3H5N2O2P/c6-2-1-5(8)3(7)4-2/h1,8H2,(H,4,6,7). The molecule has 1 atom stereocenters. The molecular formula is C3H5N2O2P. The molecule has 0 saturated carbocycles. The van der Waals surface area contributed by atoms with Crippen LogP contribution in [0.1, 0.15) is 0 Å². The van der Waals surface area contributed by atoms with Crippen molar-refractivity contribution in [1.82, 2.24) is 9.99 Å². The van der Waals surface area contributed by atoms with E-state index in [0.29, 0.717) is 0 Å². The van der Waals surface area contributed by atoms with Gasteiger partial charge in [0.25, 0.3) is 0 Å². The Morgan fingerprint density at radius 1 is 1.62 bits per heavy atom. The van der Waals surface area contributed by atoms with E-state index in [1.807, 2.05) is 0 Å². The van der Waals surface area contributed by atoms with Gasteiger partial charge in [-0.3, -0.25) is 14.8 Å². The third kappa shape index (κ3) is 0.793. The van der Waals surface area contributed by atoms with Crippen molar-refractivity contribution in [3.8, 4) is 0 Å². The van der Waals surface area contributed by atoms with Crippen LogP contribution in [0.2, 0.25) is 0 Å². The van der Waals surface area contributed by atoms with Crippen molar-refractivity contribution >= 4 is 21.3 Å². The number of hydrogen-bond acceptors (Lipinski definition) is 2. The van der Waals surface area contributed by atoms with Crippen molar-refractivity contribution in [2.75, 3.05) is 6.54 Å². The van der Waals surface area contributed by atoms with Crippen molar-refractivity contribution in [3.63, 3.8) is 0 Å². The smallest absolute Gasteiger partial charge is 0.300 e. The van der Waals surface area contributed by atoms with Gasteiger partial charge >= 0.3 is 6.03 Å². The van der Waals surface area contributed by atoms with Crippen LogP contribution in [0.3, 0.4) is 0 Å². The van der Waals surface area contributed by atoms with Crippen LogP contribution in [0.5, 0.6) is 0 Å². The van der Waals surface area contributed by atoms with Crippen LogP contribution < -0.4 is 5.32 Å². The minimum Gasteiger partial charge on any atom is -0.300 e. The summed E-state index contributed by atoms with van der Waals surface area (Å²) in [6, 6.07) is -0.347. The highest BCUT2D eigenvalue weighted by Crippen LogP contribution is 2.02. The lowest BCUT2D eigenvalue weighted by atomic mass is 10.7. The van der Waals surface area contributed by atoms with Crippen molar-refractivity contribution in [2.45, 2.75) is 0 Å². The molecule has 1 unspecified atom stereocenters. The number of amides is 3. The fraction of sp³-hybridized carbons (Fsp3) is 0.333. The van der Waals surface area contributed by atoms with Gasteiger partial charge in [0.05, 0.1) is 0 Å². The summed E-state index contributed by atoms with van der Waals surface area (Å²) in [4.78, 5) is 20.6. The Morgan fingerprint density at radius 2 is 2.25 bits per heavy atom. The summed E-state index contributed by atoms with van der Waals surface area (Å²) in [7, 11) is 2.14. The first kappa shape index (κ1) is 5.51. The highest BCUT2D eigenvalue weighted by Gasteiger charge is 2.22. The van der Waals surface area contributed by atoms with Crippen LogP contribution in [-0.4, -0.2) is 23.2 Å². The lowest BCUT2D eigenvalue weighted by molar-refractivity contribution is -0.118. The van der Waals surface area contributed by atoms with E-state index < -0.39 is 0 Å². The van der Waals surface area contributed by atoms with Crippen LogP contribution >= 0.6 is 9.39 Å². The first-order chi connectivity index (χ1) is 3.70. The fourth-order valence-electron chi connectivity index (χ4n) is 0.457. The normalized spacial score (nSPS) is 19.4. The Hall–Kier alpha value is -0.630. The third-order valence-electron chi connectivity index (χ3n) is 0.821.